The Bertz CT molecular complexity index is 1050. The predicted octanol–water partition coefficient (Wildman–Crippen LogP) is 4.13. The van der Waals surface area contributed by atoms with Crippen molar-refractivity contribution in [2.75, 3.05) is 11.9 Å². The number of rotatable bonds is 4. The van der Waals surface area contributed by atoms with Gasteiger partial charge in [0.1, 0.15) is 0 Å². The average molecular weight is 362 g/mol. The van der Waals surface area contributed by atoms with Crippen LogP contribution in [0.15, 0.2) is 60.1 Å². The molecule has 0 atom stereocenters. The Balaban J connectivity index is 1.75. The molecule has 0 fully saturated rings. The second-order valence-corrected chi connectivity index (χ2v) is 7.16. The Morgan fingerprint density at radius 1 is 1.19 bits per heavy atom. The van der Waals surface area contributed by atoms with Crippen LogP contribution in [0, 0.1) is 6.92 Å². The van der Waals surface area contributed by atoms with Crippen LogP contribution in [0.5, 0.6) is 0 Å². The molecule has 0 unspecified atom stereocenters. The van der Waals surface area contributed by atoms with Crippen molar-refractivity contribution in [1.82, 2.24) is 14.8 Å². The topological polar surface area (TPSA) is 51.0 Å². The Labute approximate surface area is 155 Å². The highest BCUT2D eigenvalue weighted by Crippen LogP contribution is 2.23. The van der Waals surface area contributed by atoms with Crippen molar-refractivity contribution in [2.45, 2.75) is 13.5 Å². The number of benzene rings is 1. The molecule has 1 aromatic carbocycles. The van der Waals surface area contributed by atoms with Gasteiger partial charge in [0.25, 0.3) is 5.91 Å². The molecule has 0 aliphatic rings. The van der Waals surface area contributed by atoms with Crippen LogP contribution in [-0.2, 0) is 6.54 Å². The van der Waals surface area contributed by atoms with E-state index in [-0.39, 0.29) is 5.91 Å². The largest absolute Gasteiger partial charge is 0.311 e. The standard InChI is InChI=1S/C20H18N4OS/c1-14-11-17(20(25)23(2)15-7-4-3-5-8-15)18-12-21-24(19(18)22-14)13-16-9-6-10-26-16/h3-12H,13H2,1-2H3. The number of anilines is 1. The van der Waals surface area contributed by atoms with Crippen LogP contribution in [0.25, 0.3) is 11.0 Å². The van der Waals surface area contributed by atoms with E-state index in [2.05, 4.69) is 16.1 Å². The number of fused-ring (bicyclic) bond motifs is 1. The third kappa shape index (κ3) is 2.99. The monoisotopic (exact) mass is 362 g/mol. The molecule has 0 saturated carbocycles. The normalized spacial score (nSPS) is 11.0. The lowest BCUT2D eigenvalue weighted by Crippen LogP contribution is -2.26. The second-order valence-electron chi connectivity index (χ2n) is 6.13. The van der Waals surface area contributed by atoms with Gasteiger partial charge in [-0.3, -0.25) is 4.79 Å². The highest BCUT2D eigenvalue weighted by molar-refractivity contribution is 7.09. The third-order valence-electron chi connectivity index (χ3n) is 4.30. The molecule has 0 spiro atoms. The first-order valence-electron chi connectivity index (χ1n) is 8.32. The number of aryl methyl sites for hydroxylation is 1. The van der Waals surface area contributed by atoms with E-state index in [0.29, 0.717) is 12.1 Å². The SMILES string of the molecule is Cc1cc(C(=O)N(C)c2ccccc2)c2cnn(Cc3cccs3)c2n1. The van der Waals surface area contributed by atoms with Gasteiger partial charge in [-0.05, 0) is 36.6 Å². The number of carbonyl (C=O) groups excluding carboxylic acids is 1. The van der Waals surface area contributed by atoms with Crippen LogP contribution < -0.4 is 4.90 Å². The summed E-state index contributed by atoms with van der Waals surface area (Å²) in [6.45, 7) is 2.56. The number of hydrogen-bond acceptors (Lipinski definition) is 4. The molecule has 3 aromatic heterocycles. The van der Waals surface area contributed by atoms with Gasteiger partial charge < -0.3 is 4.90 Å². The number of hydrogen-bond donors (Lipinski definition) is 0. The predicted molar refractivity (Wildman–Crippen MR) is 105 cm³/mol. The number of para-hydroxylation sites is 1. The zero-order chi connectivity index (χ0) is 18.1. The number of pyridine rings is 1. The van der Waals surface area contributed by atoms with Gasteiger partial charge in [0, 0.05) is 23.3 Å². The molecule has 0 saturated heterocycles. The van der Waals surface area contributed by atoms with Crippen molar-refractivity contribution in [3.8, 4) is 0 Å². The first kappa shape index (κ1) is 16.5. The minimum atomic E-state index is -0.0672. The molecule has 0 aliphatic heterocycles. The van der Waals surface area contributed by atoms with Crippen LogP contribution in [-0.4, -0.2) is 27.7 Å². The van der Waals surface area contributed by atoms with Gasteiger partial charge in [0.2, 0.25) is 0 Å². The molecule has 4 rings (SSSR count). The van der Waals surface area contributed by atoms with E-state index in [4.69, 9.17) is 0 Å². The number of aromatic nitrogens is 3. The van der Waals surface area contributed by atoms with E-state index in [1.165, 1.54) is 4.88 Å². The summed E-state index contributed by atoms with van der Waals surface area (Å²) >= 11 is 1.68. The molecule has 0 N–H and O–H groups in total. The fourth-order valence-corrected chi connectivity index (χ4v) is 3.65. The van der Waals surface area contributed by atoms with E-state index in [1.807, 2.05) is 59.5 Å². The molecule has 6 heteroatoms. The van der Waals surface area contributed by atoms with Gasteiger partial charge in [-0.1, -0.05) is 24.3 Å². The molecule has 130 valence electrons. The first-order chi connectivity index (χ1) is 12.6. The summed E-state index contributed by atoms with van der Waals surface area (Å²) in [5.41, 5.74) is 3.01. The lowest BCUT2D eigenvalue weighted by atomic mass is 10.1. The number of nitrogens with zero attached hydrogens (tertiary/aromatic N) is 4. The third-order valence-corrected chi connectivity index (χ3v) is 5.16. The summed E-state index contributed by atoms with van der Waals surface area (Å²) in [7, 11) is 1.79. The number of thiophene rings is 1. The summed E-state index contributed by atoms with van der Waals surface area (Å²) in [4.78, 5) is 20.6. The van der Waals surface area contributed by atoms with Crippen LogP contribution >= 0.6 is 11.3 Å². The molecule has 0 aliphatic carbocycles. The van der Waals surface area contributed by atoms with E-state index in [9.17, 15) is 4.79 Å². The smallest absolute Gasteiger partial charge is 0.258 e. The van der Waals surface area contributed by atoms with Crippen molar-refractivity contribution < 1.29 is 4.79 Å². The van der Waals surface area contributed by atoms with Crippen molar-refractivity contribution in [1.29, 1.82) is 0 Å². The maximum atomic E-state index is 13.1. The van der Waals surface area contributed by atoms with Gasteiger partial charge in [-0.25, -0.2) is 9.67 Å². The summed E-state index contributed by atoms with van der Waals surface area (Å²) in [6, 6.07) is 15.5. The maximum absolute atomic E-state index is 13.1. The molecular formula is C20H18N4OS. The lowest BCUT2D eigenvalue weighted by molar-refractivity contribution is 0.0994. The van der Waals surface area contributed by atoms with E-state index in [0.717, 1.165) is 22.4 Å². The van der Waals surface area contributed by atoms with Crippen LogP contribution in [0.1, 0.15) is 20.9 Å². The fraction of sp³-hybridized carbons (Fsp3) is 0.150. The second kappa shape index (κ2) is 6.72. The van der Waals surface area contributed by atoms with Gasteiger partial charge in [0.15, 0.2) is 5.65 Å². The first-order valence-corrected chi connectivity index (χ1v) is 9.20. The van der Waals surface area contributed by atoms with Crippen molar-refractivity contribution in [2.24, 2.45) is 0 Å². The Hall–Kier alpha value is -2.99. The molecule has 0 radical (unpaired) electrons. The summed E-state index contributed by atoms with van der Waals surface area (Å²) in [6.07, 6.45) is 1.74. The molecular weight excluding hydrogens is 344 g/mol. The van der Waals surface area contributed by atoms with Gasteiger partial charge in [-0.15, -0.1) is 11.3 Å². The summed E-state index contributed by atoms with van der Waals surface area (Å²) < 4.78 is 1.85. The van der Waals surface area contributed by atoms with E-state index in [1.54, 1.807) is 29.5 Å². The highest BCUT2D eigenvalue weighted by atomic mass is 32.1. The molecule has 5 nitrogen and oxygen atoms in total. The van der Waals surface area contributed by atoms with Crippen molar-refractivity contribution in [3.05, 3.63) is 76.2 Å². The zero-order valence-electron chi connectivity index (χ0n) is 14.6. The summed E-state index contributed by atoms with van der Waals surface area (Å²) in [5.74, 6) is -0.0672. The van der Waals surface area contributed by atoms with E-state index < -0.39 is 0 Å². The molecule has 26 heavy (non-hydrogen) atoms. The van der Waals surface area contributed by atoms with Gasteiger partial charge in [-0.2, -0.15) is 5.10 Å². The molecule has 4 aromatic rings. The fourth-order valence-electron chi connectivity index (χ4n) is 2.97. The van der Waals surface area contributed by atoms with Crippen LogP contribution in [0.3, 0.4) is 0 Å². The Morgan fingerprint density at radius 3 is 2.73 bits per heavy atom. The number of carbonyl (C=O) groups is 1. The highest BCUT2D eigenvalue weighted by Gasteiger charge is 2.20. The molecule has 0 bridgehead atoms. The molecule has 1 amide bonds. The van der Waals surface area contributed by atoms with E-state index >= 15 is 0 Å². The van der Waals surface area contributed by atoms with Crippen molar-refractivity contribution in [3.63, 3.8) is 0 Å². The van der Waals surface area contributed by atoms with Gasteiger partial charge in [0.05, 0.1) is 23.7 Å². The minimum absolute atomic E-state index is 0.0672. The Morgan fingerprint density at radius 2 is 2.00 bits per heavy atom. The van der Waals surface area contributed by atoms with Crippen LogP contribution in [0.4, 0.5) is 5.69 Å². The minimum Gasteiger partial charge on any atom is -0.311 e. The Kier molecular flexibility index (Phi) is 4.26. The van der Waals surface area contributed by atoms with Gasteiger partial charge >= 0.3 is 0 Å². The average Bonchev–Trinajstić information content (AvgIpc) is 3.31. The number of amides is 1. The van der Waals surface area contributed by atoms with Crippen molar-refractivity contribution >= 4 is 34.0 Å². The lowest BCUT2D eigenvalue weighted by Gasteiger charge is -2.18. The zero-order valence-corrected chi connectivity index (χ0v) is 15.4. The quantitative estimate of drug-likeness (QED) is 0.549. The summed E-state index contributed by atoms with van der Waals surface area (Å²) in [5, 5.41) is 7.30. The molecule has 3 heterocycles. The van der Waals surface area contributed by atoms with Crippen LogP contribution in [0.2, 0.25) is 0 Å². The maximum Gasteiger partial charge on any atom is 0.258 e.